The van der Waals surface area contributed by atoms with Gasteiger partial charge in [-0.3, -0.25) is 9.80 Å². The summed E-state index contributed by atoms with van der Waals surface area (Å²) < 4.78 is 22.0. The highest BCUT2D eigenvalue weighted by molar-refractivity contribution is 5.43. The molecule has 0 radical (unpaired) electrons. The number of aliphatic hydroxyl groups is 1. The van der Waals surface area contributed by atoms with Gasteiger partial charge in [0.25, 0.3) is 0 Å². The van der Waals surface area contributed by atoms with E-state index in [2.05, 4.69) is 15.9 Å². The van der Waals surface area contributed by atoms with E-state index in [9.17, 15) is 5.11 Å². The first-order valence-corrected chi connectivity index (χ1v) is 9.32. The summed E-state index contributed by atoms with van der Waals surface area (Å²) in [5.41, 5.74) is 1.19. The van der Waals surface area contributed by atoms with E-state index in [-0.39, 0.29) is 6.61 Å². The number of hydrogen-bond acceptors (Lipinski definition) is 7. The molecule has 7 nitrogen and oxygen atoms in total. The van der Waals surface area contributed by atoms with Gasteiger partial charge >= 0.3 is 0 Å². The molecular formula is C19H30N2O5. The van der Waals surface area contributed by atoms with Crippen LogP contribution in [0.2, 0.25) is 0 Å². The van der Waals surface area contributed by atoms with Crippen LogP contribution in [0.4, 0.5) is 0 Å². The molecule has 0 saturated carbocycles. The van der Waals surface area contributed by atoms with Crippen molar-refractivity contribution in [2.45, 2.75) is 12.6 Å². The van der Waals surface area contributed by atoms with Crippen LogP contribution in [0, 0.1) is 0 Å². The third-order valence-corrected chi connectivity index (χ3v) is 4.74. The Morgan fingerprint density at radius 2 is 1.65 bits per heavy atom. The number of hydrogen-bond donors (Lipinski definition) is 1. The van der Waals surface area contributed by atoms with Crippen molar-refractivity contribution in [1.82, 2.24) is 9.80 Å². The first-order valence-electron chi connectivity index (χ1n) is 9.32. The summed E-state index contributed by atoms with van der Waals surface area (Å²) in [7, 11) is 1.64. The van der Waals surface area contributed by atoms with Gasteiger partial charge in [0.2, 0.25) is 0 Å². The van der Waals surface area contributed by atoms with Crippen LogP contribution in [-0.2, 0) is 16.0 Å². The second-order valence-corrected chi connectivity index (χ2v) is 6.75. The number of morpholine rings is 2. The Bertz CT molecular complexity index is 545. The summed E-state index contributed by atoms with van der Waals surface area (Å²) >= 11 is 0. The van der Waals surface area contributed by atoms with Gasteiger partial charge in [0.05, 0.1) is 33.5 Å². The Balaban J connectivity index is 1.50. The Morgan fingerprint density at radius 3 is 2.31 bits per heavy atom. The Morgan fingerprint density at radius 1 is 1.00 bits per heavy atom. The molecule has 0 unspecified atom stereocenters. The van der Waals surface area contributed by atoms with Crippen molar-refractivity contribution >= 4 is 0 Å². The third kappa shape index (κ3) is 5.82. The first-order chi connectivity index (χ1) is 12.7. The molecule has 1 N–H and O–H groups in total. The molecule has 0 aliphatic carbocycles. The summed E-state index contributed by atoms with van der Waals surface area (Å²) in [6.07, 6.45) is -0.536. The van der Waals surface area contributed by atoms with Crippen molar-refractivity contribution in [1.29, 1.82) is 0 Å². The van der Waals surface area contributed by atoms with Crippen LogP contribution in [0.25, 0.3) is 0 Å². The lowest BCUT2D eigenvalue weighted by Gasteiger charge is -2.28. The zero-order valence-electron chi connectivity index (χ0n) is 15.6. The maximum Gasteiger partial charge on any atom is 0.161 e. The summed E-state index contributed by atoms with van der Waals surface area (Å²) in [5, 5.41) is 10.2. The molecule has 146 valence electrons. The maximum absolute atomic E-state index is 10.2. The molecule has 1 aromatic carbocycles. The van der Waals surface area contributed by atoms with E-state index in [1.165, 1.54) is 5.56 Å². The van der Waals surface area contributed by atoms with Gasteiger partial charge in [-0.1, -0.05) is 6.07 Å². The number of ether oxygens (including phenoxy) is 4. The molecule has 0 bridgehead atoms. The fraction of sp³-hybridized carbons (Fsp3) is 0.684. The van der Waals surface area contributed by atoms with Gasteiger partial charge in [0.15, 0.2) is 11.5 Å². The van der Waals surface area contributed by atoms with Crippen LogP contribution >= 0.6 is 0 Å². The van der Waals surface area contributed by atoms with E-state index in [0.717, 1.165) is 59.2 Å². The van der Waals surface area contributed by atoms with Crippen molar-refractivity contribution in [3.05, 3.63) is 23.8 Å². The van der Waals surface area contributed by atoms with Crippen LogP contribution in [0.1, 0.15) is 5.56 Å². The minimum atomic E-state index is -0.536. The fourth-order valence-corrected chi connectivity index (χ4v) is 3.27. The van der Waals surface area contributed by atoms with Crippen LogP contribution in [-0.4, -0.2) is 93.9 Å². The molecule has 1 aromatic rings. The first kappa shape index (κ1) is 19.4. The molecule has 0 aromatic heterocycles. The van der Waals surface area contributed by atoms with Crippen LogP contribution in [0.5, 0.6) is 11.5 Å². The molecular weight excluding hydrogens is 336 g/mol. The predicted octanol–water partition coefficient (Wildman–Crippen LogP) is 0.599. The summed E-state index contributed by atoms with van der Waals surface area (Å²) in [4.78, 5) is 4.56. The average molecular weight is 366 g/mol. The van der Waals surface area contributed by atoms with Crippen LogP contribution in [0.3, 0.4) is 0 Å². The molecule has 2 fully saturated rings. The number of β-amino-alcohol motifs (C(OH)–C–C–N with tert-alkyl or cyclic N) is 1. The molecule has 2 saturated heterocycles. The highest BCUT2D eigenvalue weighted by atomic mass is 16.5. The van der Waals surface area contributed by atoms with Gasteiger partial charge in [-0.2, -0.15) is 0 Å². The number of nitrogens with zero attached hydrogens (tertiary/aromatic N) is 2. The molecule has 2 aliphatic rings. The SMILES string of the molecule is COc1cc(CN2CCOCC2)ccc1OC[C@@H](O)CN1CCOCC1. The van der Waals surface area contributed by atoms with E-state index in [1.54, 1.807) is 7.11 Å². The zero-order chi connectivity index (χ0) is 18.2. The van der Waals surface area contributed by atoms with Crippen molar-refractivity contribution in [2.75, 3.05) is 72.9 Å². The molecule has 7 heteroatoms. The van der Waals surface area contributed by atoms with Gasteiger partial charge in [0.1, 0.15) is 12.7 Å². The number of benzene rings is 1. The van der Waals surface area contributed by atoms with E-state index >= 15 is 0 Å². The average Bonchev–Trinajstić information content (AvgIpc) is 2.68. The molecule has 2 heterocycles. The van der Waals surface area contributed by atoms with Crippen molar-refractivity contribution in [3.8, 4) is 11.5 Å². The molecule has 0 amide bonds. The summed E-state index contributed by atoms with van der Waals surface area (Å²) in [5.74, 6) is 1.37. The maximum atomic E-state index is 10.2. The second kappa shape index (κ2) is 10.1. The second-order valence-electron chi connectivity index (χ2n) is 6.75. The monoisotopic (exact) mass is 366 g/mol. The van der Waals surface area contributed by atoms with Gasteiger partial charge in [-0.25, -0.2) is 0 Å². The smallest absolute Gasteiger partial charge is 0.161 e. The zero-order valence-corrected chi connectivity index (χ0v) is 15.6. The number of methoxy groups -OCH3 is 1. The van der Waals surface area contributed by atoms with Crippen LogP contribution < -0.4 is 9.47 Å². The van der Waals surface area contributed by atoms with Crippen molar-refractivity contribution < 1.29 is 24.1 Å². The standard InChI is InChI=1S/C19H30N2O5/c1-23-19-12-16(13-20-4-8-24-9-5-20)2-3-18(19)26-15-17(22)14-21-6-10-25-11-7-21/h2-3,12,17,22H,4-11,13-15H2,1H3/t17-/m0/s1. The van der Waals surface area contributed by atoms with Gasteiger partial charge in [0, 0.05) is 39.3 Å². The minimum Gasteiger partial charge on any atom is -0.493 e. The van der Waals surface area contributed by atoms with E-state index < -0.39 is 6.10 Å². The molecule has 1 atom stereocenters. The highest BCUT2D eigenvalue weighted by Gasteiger charge is 2.17. The Hall–Kier alpha value is -1.38. The highest BCUT2D eigenvalue weighted by Crippen LogP contribution is 2.29. The van der Waals surface area contributed by atoms with Crippen LogP contribution in [0.15, 0.2) is 18.2 Å². The topological polar surface area (TPSA) is 63.6 Å². The Labute approximate surface area is 155 Å². The lowest BCUT2D eigenvalue weighted by atomic mass is 10.2. The molecule has 2 aliphatic heterocycles. The lowest BCUT2D eigenvalue weighted by molar-refractivity contribution is 0.00445. The fourth-order valence-electron chi connectivity index (χ4n) is 3.27. The third-order valence-electron chi connectivity index (χ3n) is 4.74. The van der Waals surface area contributed by atoms with Crippen molar-refractivity contribution in [3.63, 3.8) is 0 Å². The summed E-state index contributed by atoms with van der Waals surface area (Å²) in [6.45, 7) is 8.38. The normalized spacial score (nSPS) is 20.7. The summed E-state index contributed by atoms with van der Waals surface area (Å²) in [6, 6.07) is 6.00. The lowest BCUT2D eigenvalue weighted by Crippen LogP contribution is -2.42. The predicted molar refractivity (Wildman–Crippen MR) is 97.9 cm³/mol. The minimum absolute atomic E-state index is 0.247. The number of aliphatic hydroxyl groups excluding tert-OH is 1. The molecule has 26 heavy (non-hydrogen) atoms. The van der Waals surface area contributed by atoms with E-state index in [4.69, 9.17) is 18.9 Å². The van der Waals surface area contributed by atoms with E-state index in [1.807, 2.05) is 12.1 Å². The number of rotatable bonds is 8. The van der Waals surface area contributed by atoms with Crippen molar-refractivity contribution in [2.24, 2.45) is 0 Å². The molecule has 0 spiro atoms. The molecule has 3 rings (SSSR count). The largest absolute Gasteiger partial charge is 0.493 e. The van der Waals surface area contributed by atoms with Gasteiger partial charge in [-0.05, 0) is 17.7 Å². The Kier molecular flexibility index (Phi) is 7.52. The quantitative estimate of drug-likeness (QED) is 0.723. The van der Waals surface area contributed by atoms with Gasteiger partial charge < -0.3 is 24.1 Å². The van der Waals surface area contributed by atoms with E-state index in [0.29, 0.717) is 18.0 Å². The van der Waals surface area contributed by atoms with Gasteiger partial charge in [-0.15, -0.1) is 0 Å².